The molecule has 0 amide bonds. The summed E-state index contributed by atoms with van der Waals surface area (Å²) in [6, 6.07) is 6.44. The van der Waals surface area contributed by atoms with Gasteiger partial charge in [-0.2, -0.15) is 13.2 Å². The zero-order valence-electron chi connectivity index (χ0n) is 18.1. The van der Waals surface area contributed by atoms with E-state index in [4.69, 9.17) is 4.74 Å². The van der Waals surface area contributed by atoms with Gasteiger partial charge in [-0.05, 0) is 38.7 Å². The number of alkyl halides is 3. The standard InChI is InChI=1S/C20H32F3N5O.HI/c1-16(20(21,22)23)27-8-10-28(11-9-27)19(24-2)25-15-17-6-5-7-18(14-17)29-13-12-26(3)4;/h5-7,14,16H,8-13,15H2,1-4H3,(H,24,25);1H. The van der Waals surface area contributed by atoms with E-state index in [-0.39, 0.29) is 24.0 Å². The number of nitrogens with zero attached hydrogens (tertiary/aromatic N) is 4. The Labute approximate surface area is 194 Å². The number of piperazine rings is 1. The molecule has 2 rings (SSSR count). The van der Waals surface area contributed by atoms with E-state index in [1.165, 1.54) is 11.8 Å². The molecular weight excluding hydrogens is 510 g/mol. The number of guanidine groups is 1. The van der Waals surface area contributed by atoms with Gasteiger partial charge in [0.2, 0.25) is 0 Å². The highest BCUT2D eigenvalue weighted by molar-refractivity contribution is 14.0. The van der Waals surface area contributed by atoms with Crippen LogP contribution in [0.5, 0.6) is 5.75 Å². The van der Waals surface area contributed by atoms with Crippen LogP contribution in [0.2, 0.25) is 0 Å². The molecule has 10 heteroatoms. The van der Waals surface area contributed by atoms with E-state index in [1.54, 1.807) is 7.05 Å². The average Bonchev–Trinajstić information content (AvgIpc) is 2.68. The summed E-state index contributed by atoms with van der Waals surface area (Å²) in [6.07, 6.45) is -4.19. The van der Waals surface area contributed by atoms with Crippen LogP contribution < -0.4 is 10.1 Å². The molecule has 172 valence electrons. The number of likely N-dealkylation sites (N-methyl/N-ethyl adjacent to an activating group) is 1. The number of ether oxygens (including phenoxy) is 1. The van der Waals surface area contributed by atoms with Crippen molar-refractivity contribution in [1.82, 2.24) is 20.0 Å². The summed E-state index contributed by atoms with van der Waals surface area (Å²) in [5.74, 6) is 1.51. The van der Waals surface area contributed by atoms with Gasteiger partial charge in [0.05, 0.1) is 0 Å². The summed E-state index contributed by atoms with van der Waals surface area (Å²) in [4.78, 5) is 9.82. The van der Waals surface area contributed by atoms with Crippen LogP contribution in [-0.4, -0.2) is 93.4 Å². The molecule has 1 N–H and O–H groups in total. The molecule has 0 saturated carbocycles. The van der Waals surface area contributed by atoms with E-state index in [0.717, 1.165) is 17.9 Å². The molecule has 1 heterocycles. The molecule has 6 nitrogen and oxygen atoms in total. The van der Waals surface area contributed by atoms with Gasteiger partial charge in [0.25, 0.3) is 0 Å². The van der Waals surface area contributed by atoms with Gasteiger partial charge in [0.15, 0.2) is 5.96 Å². The van der Waals surface area contributed by atoms with Crippen LogP contribution >= 0.6 is 24.0 Å². The number of hydrogen-bond acceptors (Lipinski definition) is 4. The topological polar surface area (TPSA) is 43.3 Å². The predicted molar refractivity (Wildman–Crippen MR) is 125 cm³/mol. The van der Waals surface area contributed by atoms with Crippen molar-refractivity contribution in [2.24, 2.45) is 4.99 Å². The summed E-state index contributed by atoms with van der Waals surface area (Å²) in [6.45, 7) is 4.97. The lowest BCUT2D eigenvalue weighted by Crippen LogP contribution is -2.56. The van der Waals surface area contributed by atoms with E-state index >= 15 is 0 Å². The van der Waals surface area contributed by atoms with Gasteiger partial charge < -0.3 is 19.9 Å². The van der Waals surface area contributed by atoms with Crippen molar-refractivity contribution in [2.75, 3.05) is 60.5 Å². The summed E-state index contributed by atoms with van der Waals surface area (Å²) >= 11 is 0. The maximum atomic E-state index is 12.9. The molecule has 0 spiro atoms. The summed E-state index contributed by atoms with van der Waals surface area (Å²) in [5, 5.41) is 3.30. The molecule has 1 fully saturated rings. The first kappa shape index (κ1) is 26.8. The van der Waals surface area contributed by atoms with E-state index in [2.05, 4.69) is 15.2 Å². The molecule has 30 heavy (non-hydrogen) atoms. The van der Waals surface area contributed by atoms with Gasteiger partial charge in [-0.3, -0.25) is 9.89 Å². The van der Waals surface area contributed by atoms with Crippen LogP contribution in [0.3, 0.4) is 0 Å². The third kappa shape index (κ3) is 8.46. The second-order valence-corrected chi connectivity index (χ2v) is 7.44. The molecule has 1 atom stereocenters. The number of rotatable bonds is 7. The lowest BCUT2D eigenvalue weighted by molar-refractivity contribution is -0.181. The fourth-order valence-electron chi connectivity index (χ4n) is 3.13. The number of aliphatic imine (C=N–C) groups is 1. The van der Waals surface area contributed by atoms with Crippen LogP contribution in [0.25, 0.3) is 0 Å². The quantitative estimate of drug-likeness (QED) is 0.326. The van der Waals surface area contributed by atoms with Gasteiger partial charge in [0, 0.05) is 46.3 Å². The Morgan fingerprint density at radius 2 is 1.90 bits per heavy atom. The predicted octanol–water partition coefficient (Wildman–Crippen LogP) is 2.89. The zero-order chi connectivity index (χ0) is 21.4. The molecule has 0 aliphatic carbocycles. The zero-order valence-corrected chi connectivity index (χ0v) is 20.4. The maximum absolute atomic E-state index is 12.9. The van der Waals surface area contributed by atoms with Crippen LogP contribution in [0, 0.1) is 0 Å². The molecule has 1 aliphatic heterocycles. The lowest BCUT2D eigenvalue weighted by Gasteiger charge is -2.39. The summed E-state index contributed by atoms with van der Waals surface area (Å²) in [5.41, 5.74) is 1.05. The third-order valence-electron chi connectivity index (χ3n) is 5.00. The molecule has 0 aromatic heterocycles. The second kappa shape index (κ2) is 12.6. The molecule has 1 aliphatic rings. The molecule has 1 aromatic carbocycles. The minimum atomic E-state index is -4.19. The van der Waals surface area contributed by atoms with Crippen molar-refractivity contribution in [3.8, 4) is 5.75 Å². The van der Waals surface area contributed by atoms with E-state index in [9.17, 15) is 13.2 Å². The highest BCUT2D eigenvalue weighted by Gasteiger charge is 2.41. The number of nitrogens with one attached hydrogen (secondary N) is 1. The summed E-state index contributed by atoms with van der Waals surface area (Å²) < 4.78 is 44.5. The highest BCUT2D eigenvalue weighted by Crippen LogP contribution is 2.25. The second-order valence-electron chi connectivity index (χ2n) is 7.44. The van der Waals surface area contributed by atoms with Crippen molar-refractivity contribution >= 4 is 29.9 Å². The van der Waals surface area contributed by atoms with E-state index in [0.29, 0.717) is 45.3 Å². The van der Waals surface area contributed by atoms with Crippen LogP contribution in [0.15, 0.2) is 29.3 Å². The van der Waals surface area contributed by atoms with E-state index < -0.39 is 12.2 Å². The number of halogens is 4. The molecular formula is C20H33F3IN5O. The van der Waals surface area contributed by atoms with Crippen molar-refractivity contribution in [1.29, 1.82) is 0 Å². The monoisotopic (exact) mass is 543 g/mol. The first-order valence-corrected chi connectivity index (χ1v) is 9.83. The maximum Gasteiger partial charge on any atom is 0.403 e. The minimum Gasteiger partial charge on any atom is -0.492 e. The van der Waals surface area contributed by atoms with Gasteiger partial charge >= 0.3 is 6.18 Å². The van der Waals surface area contributed by atoms with Crippen LogP contribution in [-0.2, 0) is 6.54 Å². The molecule has 1 aromatic rings. The minimum absolute atomic E-state index is 0. The Hall–Kier alpha value is -1.27. The lowest BCUT2D eigenvalue weighted by atomic mass is 10.2. The van der Waals surface area contributed by atoms with Gasteiger partial charge in [-0.1, -0.05) is 12.1 Å². The molecule has 1 unspecified atom stereocenters. The van der Waals surface area contributed by atoms with Crippen LogP contribution in [0.4, 0.5) is 13.2 Å². The molecule has 0 radical (unpaired) electrons. The smallest absolute Gasteiger partial charge is 0.403 e. The van der Waals surface area contributed by atoms with Gasteiger partial charge in [-0.25, -0.2) is 0 Å². The van der Waals surface area contributed by atoms with Crippen molar-refractivity contribution in [3.05, 3.63) is 29.8 Å². The molecule has 0 bridgehead atoms. The SMILES string of the molecule is CN=C(NCc1cccc(OCCN(C)C)c1)N1CCN(C(C)C(F)(F)F)CC1.I. The normalized spacial score (nSPS) is 16.9. The Morgan fingerprint density at radius 1 is 1.23 bits per heavy atom. The Kier molecular flexibility index (Phi) is 11.2. The largest absolute Gasteiger partial charge is 0.492 e. The van der Waals surface area contributed by atoms with Crippen molar-refractivity contribution in [3.63, 3.8) is 0 Å². The molecule has 1 saturated heterocycles. The Balaban J connectivity index is 0.00000450. The highest BCUT2D eigenvalue weighted by atomic mass is 127. The average molecular weight is 543 g/mol. The fraction of sp³-hybridized carbons (Fsp3) is 0.650. The van der Waals surface area contributed by atoms with Gasteiger partial charge in [-0.15, -0.1) is 24.0 Å². The van der Waals surface area contributed by atoms with Crippen LogP contribution in [0.1, 0.15) is 12.5 Å². The third-order valence-corrected chi connectivity index (χ3v) is 5.00. The van der Waals surface area contributed by atoms with Crippen molar-refractivity contribution in [2.45, 2.75) is 25.7 Å². The first-order valence-electron chi connectivity index (χ1n) is 9.83. The Morgan fingerprint density at radius 3 is 2.47 bits per heavy atom. The number of hydrogen-bond donors (Lipinski definition) is 1. The number of benzene rings is 1. The van der Waals surface area contributed by atoms with E-state index in [1.807, 2.05) is 43.3 Å². The van der Waals surface area contributed by atoms with Crippen molar-refractivity contribution < 1.29 is 17.9 Å². The summed E-state index contributed by atoms with van der Waals surface area (Å²) in [7, 11) is 5.69. The fourth-order valence-corrected chi connectivity index (χ4v) is 3.13. The van der Waals surface area contributed by atoms with Gasteiger partial charge in [0.1, 0.15) is 18.4 Å². The first-order chi connectivity index (χ1) is 13.7. The Bertz CT molecular complexity index is 664.